The zero-order valence-corrected chi connectivity index (χ0v) is 12.0. The molecule has 21 heavy (non-hydrogen) atoms. The van der Waals surface area contributed by atoms with Gasteiger partial charge in [-0.1, -0.05) is 17.7 Å². The number of carbonyl (C=O) groups is 1. The topological polar surface area (TPSA) is 97.5 Å². The van der Waals surface area contributed by atoms with E-state index < -0.39 is 5.97 Å². The van der Waals surface area contributed by atoms with Crippen molar-refractivity contribution in [3.05, 3.63) is 46.6 Å². The second-order valence-corrected chi connectivity index (χ2v) is 4.62. The Hall–Kier alpha value is -2.47. The fourth-order valence-electron chi connectivity index (χ4n) is 1.80. The Morgan fingerprint density at radius 1 is 1.43 bits per heavy atom. The third-order valence-electron chi connectivity index (χ3n) is 2.87. The number of carboxylic acids is 1. The van der Waals surface area contributed by atoms with E-state index in [1.54, 1.807) is 25.3 Å². The molecule has 0 saturated heterocycles. The molecule has 6 nitrogen and oxygen atoms in total. The van der Waals surface area contributed by atoms with Crippen LogP contribution in [0.25, 0.3) is 0 Å². The van der Waals surface area contributed by atoms with Crippen molar-refractivity contribution in [3.63, 3.8) is 0 Å². The molecule has 2 aromatic rings. The highest BCUT2D eigenvalue weighted by Crippen LogP contribution is 2.27. The highest BCUT2D eigenvalue weighted by atomic mass is 35.5. The predicted molar refractivity (Wildman–Crippen MR) is 80.9 cm³/mol. The van der Waals surface area contributed by atoms with Crippen LogP contribution >= 0.6 is 11.6 Å². The fraction of sp³-hybridized carbons (Fsp3) is 0.143. The first kappa shape index (κ1) is 14.9. The van der Waals surface area contributed by atoms with Crippen LogP contribution in [0.4, 0.5) is 11.5 Å². The Labute approximate surface area is 126 Å². The van der Waals surface area contributed by atoms with Gasteiger partial charge in [0.05, 0.1) is 12.8 Å². The van der Waals surface area contributed by atoms with Crippen molar-refractivity contribution in [2.75, 3.05) is 18.2 Å². The number of aromatic nitrogens is 1. The third kappa shape index (κ3) is 3.35. The Morgan fingerprint density at radius 2 is 2.19 bits per heavy atom. The summed E-state index contributed by atoms with van der Waals surface area (Å²) >= 11 is 6.13. The fourth-order valence-corrected chi connectivity index (χ4v) is 2.04. The summed E-state index contributed by atoms with van der Waals surface area (Å²) in [6, 6.07) is 8.14. The first-order valence-corrected chi connectivity index (χ1v) is 6.45. The highest BCUT2D eigenvalue weighted by molar-refractivity contribution is 6.31. The van der Waals surface area contributed by atoms with Crippen molar-refractivity contribution >= 4 is 29.1 Å². The van der Waals surface area contributed by atoms with Gasteiger partial charge in [0.1, 0.15) is 11.6 Å². The molecule has 0 unspecified atom stereocenters. The number of aromatic carboxylic acids is 1. The molecule has 0 spiro atoms. The number of ether oxygens (including phenoxy) is 1. The van der Waals surface area contributed by atoms with Gasteiger partial charge in [-0.15, -0.1) is 0 Å². The maximum atomic E-state index is 10.9. The number of benzene rings is 1. The number of nitrogen functional groups attached to an aromatic ring is 1. The zero-order chi connectivity index (χ0) is 15.4. The second-order valence-electron chi connectivity index (χ2n) is 4.21. The van der Waals surface area contributed by atoms with Gasteiger partial charge in [-0.05, 0) is 24.3 Å². The van der Waals surface area contributed by atoms with E-state index in [1.807, 2.05) is 0 Å². The zero-order valence-electron chi connectivity index (χ0n) is 11.3. The molecule has 0 fully saturated rings. The summed E-state index contributed by atoms with van der Waals surface area (Å²) in [5.74, 6) is -0.201. The molecule has 0 radical (unpaired) electrons. The van der Waals surface area contributed by atoms with Gasteiger partial charge < -0.3 is 20.9 Å². The van der Waals surface area contributed by atoms with Crippen molar-refractivity contribution in [2.24, 2.45) is 0 Å². The molecule has 0 amide bonds. The smallest absolute Gasteiger partial charge is 0.354 e. The van der Waals surface area contributed by atoms with Gasteiger partial charge in [0.25, 0.3) is 0 Å². The minimum atomic E-state index is -1.12. The average molecular weight is 308 g/mol. The number of methoxy groups -OCH3 is 1. The lowest BCUT2D eigenvalue weighted by Gasteiger charge is -2.13. The van der Waals surface area contributed by atoms with Gasteiger partial charge in [0, 0.05) is 17.1 Å². The molecule has 2 rings (SSSR count). The Bertz CT molecular complexity index is 677. The number of carboxylic acid groups (broad SMARTS) is 1. The molecule has 0 aliphatic carbocycles. The average Bonchev–Trinajstić information content (AvgIpc) is 2.47. The summed E-state index contributed by atoms with van der Waals surface area (Å²) in [6.07, 6.45) is 0. The third-order valence-corrected chi connectivity index (χ3v) is 3.23. The lowest BCUT2D eigenvalue weighted by atomic mass is 10.2. The maximum Gasteiger partial charge on any atom is 0.354 e. The molecule has 110 valence electrons. The van der Waals surface area contributed by atoms with E-state index in [4.69, 9.17) is 27.2 Å². The Kier molecular flexibility index (Phi) is 4.49. The molecule has 0 aliphatic rings. The summed E-state index contributed by atoms with van der Waals surface area (Å²) in [5.41, 5.74) is 6.79. The first-order chi connectivity index (χ1) is 10.0. The largest absolute Gasteiger partial charge is 0.496 e. The van der Waals surface area contributed by atoms with Crippen LogP contribution in [-0.2, 0) is 6.54 Å². The van der Waals surface area contributed by atoms with Crippen molar-refractivity contribution in [3.8, 4) is 5.75 Å². The maximum absolute atomic E-state index is 10.9. The van der Waals surface area contributed by atoms with Crippen LogP contribution in [-0.4, -0.2) is 23.2 Å². The van der Waals surface area contributed by atoms with E-state index in [2.05, 4.69) is 10.3 Å². The molecule has 1 aromatic heterocycles. The van der Waals surface area contributed by atoms with Gasteiger partial charge >= 0.3 is 5.97 Å². The minimum absolute atomic E-state index is 0.0853. The summed E-state index contributed by atoms with van der Waals surface area (Å²) in [6.45, 7) is 0.309. The standard InChI is InChI=1S/C14H14ClN3O3/c1-21-12-4-2-3-9(15)8(12)7-17-13-10(16)5-6-11(18-13)14(19)20/h2-6H,7,16H2,1H3,(H,17,18)(H,19,20). The lowest BCUT2D eigenvalue weighted by Crippen LogP contribution is -2.09. The van der Waals surface area contributed by atoms with E-state index in [0.717, 1.165) is 5.56 Å². The summed E-state index contributed by atoms with van der Waals surface area (Å²) in [5, 5.41) is 12.5. The van der Waals surface area contributed by atoms with Crippen LogP contribution in [0.15, 0.2) is 30.3 Å². The van der Waals surface area contributed by atoms with Gasteiger partial charge in [0.2, 0.25) is 0 Å². The SMILES string of the molecule is COc1cccc(Cl)c1CNc1nc(C(=O)O)ccc1N. The molecule has 0 aliphatic heterocycles. The molecular formula is C14H14ClN3O3. The van der Waals surface area contributed by atoms with Gasteiger partial charge in [0.15, 0.2) is 5.69 Å². The molecule has 0 atom stereocenters. The number of rotatable bonds is 5. The van der Waals surface area contributed by atoms with E-state index in [9.17, 15) is 4.79 Å². The number of anilines is 2. The number of halogens is 1. The van der Waals surface area contributed by atoms with Crippen molar-refractivity contribution < 1.29 is 14.6 Å². The monoisotopic (exact) mass is 307 g/mol. The van der Waals surface area contributed by atoms with E-state index in [1.165, 1.54) is 12.1 Å². The van der Waals surface area contributed by atoms with Gasteiger partial charge in [-0.25, -0.2) is 9.78 Å². The number of hydrogen-bond donors (Lipinski definition) is 3. The number of nitrogens with zero attached hydrogens (tertiary/aromatic N) is 1. The van der Waals surface area contributed by atoms with Crippen molar-refractivity contribution in [1.29, 1.82) is 0 Å². The van der Waals surface area contributed by atoms with Crippen molar-refractivity contribution in [2.45, 2.75) is 6.54 Å². The molecule has 7 heteroatoms. The van der Waals surface area contributed by atoms with Crippen LogP contribution in [0.3, 0.4) is 0 Å². The van der Waals surface area contributed by atoms with Gasteiger partial charge in [-0.3, -0.25) is 0 Å². The molecule has 4 N–H and O–H groups in total. The second kappa shape index (κ2) is 6.32. The summed E-state index contributed by atoms with van der Waals surface area (Å²) < 4.78 is 5.24. The van der Waals surface area contributed by atoms with E-state index in [-0.39, 0.29) is 11.5 Å². The minimum Gasteiger partial charge on any atom is -0.496 e. The predicted octanol–water partition coefficient (Wildman–Crippen LogP) is 2.64. The van der Waals surface area contributed by atoms with E-state index in [0.29, 0.717) is 23.0 Å². The van der Waals surface area contributed by atoms with Crippen molar-refractivity contribution in [1.82, 2.24) is 4.98 Å². The first-order valence-electron chi connectivity index (χ1n) is 6.08. The van der Waals surface area contributed by atoms with Gasteiger partial charge in [-0.2, -0.15) is 0 Å². The molecule has 1 aromatic carbocycles. The van der Waals surface area contributed by atoms with Crippen LogP contribution in [0.5, 0.6) is 5.75 Å². The highest BCUT2D eigenvalue weighted by Gasteiger charge is 2.11. The number of pyridine rings is 1. The quantitative estimate of drug-likeness (QED) is 0.785. The lowest BCUT2D eigenvalue weighted by molar-refractivity contribution is 0.0690. The number of nitrogens with two attached hydrogens (primary N) is 1. The summed E-state index contributed by atoms with van der Waals surface area (Å²) in [7, 11) is 1.55. The number of nitrogens with one attached hydrogen (secondary N) is 1. The molecule has 0 bridgehead atoms. The normalized spacial score (nSPS) is 10.2. The van der Waals surface area contributed by atoms with Crippen LogP contribution < -0.4 is 15.8 Å². The molecular weight excluding hydrogens is 294 g/mol. The molecule has 0 saturated carbocycles. The van der Waals surface area contributed by atoms with E-state index >= 15 is 0 Å². The van der Waals surface area contributed by atoms with Crippen LogP contribution in [0.2, 0.25) is 5.02 Å². The molecule has 1 heterocycles. The van der Waals surface area contributed by atoms with Crippen LogP contribution in [0, 0.1) is 0 Å². The Balaban J connectivity index is 2.24. The van der Waals surface area contributed by atoms with Crippen LogP contribution in [0.1, 0.15) is 16.1 Å². The number of hydrogen-bond acceptors (Lipinski definition) is 5. The summed E-state index contributed by atoms with van der Waals surface area (Å²) in [4.78, 5) is 14.9. The Morgan fingerprint density at radius 3 is 2.86 bits per heavy atom.